The van der Waals surface area contributed by atoms with E-state index in [0.717, 1.165) is 17.0 Å². The Hall–Kier alpha value is -2.50. The molecule has 6 nitrogen and oxygen atoms in total. The van der Waals surface area contributed by atoms with Crippen molar-refractivity contribution in [1.29, 1.82) is 0 Å². The zero-order valence-electron chi connectivity index (χ0n) is 11.6. The van der Waals surface area contributed by atoms with E-state index in [2.05, 4.69) is 25.4 Å². The summed E-state index contributed by atoms with van der Waals surface area (Å²) >= 11 is 0. The predicted molar refractivity (Wildman–Crippen MR) is 82.0 cm³/mol. The summed E-state index contributed by atoms with van der Waals surface area (Å²) in [4.78, 5) is 13.5. The lowest BCUT2D eigenvalue weighted by Crippen LogP contribution is -2.16. The maximum Gasteiger partial charge on any atom is 0.223 e. The van der Waals surface area contributed by atoms with Crippen molar-refractivity contribution in [2.45, 2.75) is 31.7 Å². The average Bonchev–Trinajstić information content (AvgIpc) is 3.17. The van der Waals surface area contributed by atoms with E-state index >= 15 is 0 Å². The molecule has 1 aliphatic rings. The average molecular weight is 282 g/mol. The van der Waals surface area contributed by atoms with Crippen LogP contribution in [0.15, 0.2) is 36.8 Å². The van der Waals surface area contributed by atoms with Gasteiger partial charge in [0.05, 0.1) is 17.6 Å². The largest absolute Gasteiger partial charge is 0.351 e. The molecule has 1 N–H and O–H groups in total. The van der Waals surface area contributed by atoms with Crippen molar-refractivity contribution in [3.8, 4) is 11.4 Å². The maximum atomic E-state index is 4.58. The Kier molecular flexibility index (Phi) is 2.99. The third-order valence-electron chi connectivity index (χ3n) is 3.86. The molecule has 0 aliphatic heterocycles. The molecule has 0 unspecified atom stereocenters. The first-order valence-corrected chi connectivity index (χ1v) is 7.29. The van der Waals surface area contributed by atoms with Gasteiger partial charge in [0.1, 0.15) is 0 Å². The van der Waals surface area contributed by atoms with E-state index < -0.39 is 0 Å². The first-order chi connectivity index (χ1) is 10.4. The van der Waals surface area contributed by atoms with Crippen LogP contribution in [0.3, 0.4) is 0 Å². The Morgan fingerprint density at radius 3 is 2.81 bits per heavy atom. The topological polar surface area (TPSA) is 68.0 Å². The van der Waals surface area contributed by atoms with Crippen molar-refractivity contribution < 1.29 is 1.43 Å². The second-order valence-corrected chi connectivity index (χ2v) is 5.34. The summed E-state index contributed by atoms with van der Waals surface area (Å²) in [7, 11) is 0. The highest BCUT2D eigenvalue weighted by Gasteiger charge is 2.15. The van der Waals surface area contributed by atoms with Gasteiger partial charge in [0.2, 0.25) is 5.95 Å². The van der Waals surface area contributed by atoms with Gasteiger partial charge in [0.25, 0.3) is 0 Å². The lowest BCUT2D eigenvalue weighted by Gasteiger charge is -2.12. The fraction of sp³-hybridized carbons (Fsp3) is 0.333. The van der Waals surface area contributed by atoms with E-state index in [1.54, 1.807) is 16.9 Å². The normalized spacial score (nSPS) is 15.6. The molecule has 3 heterocycles. The molecule has 3 aromatic rings. The molecule has 21 heavy (non-hydrogen) atoms. The summed E-state index contributed by atoms with van der Waals surface area (Å²) in [6, 6.07) is 6.18. The van der Waals surface area contributed by atoms with Gasteiger partial charge >= 0.3 is 0 Å². The minimum atomic E-state index is 0. The van der Waals surface area contributed by atoms with Gasteiger partial charge in [-0.05, 0) is 25.0 Å². The van der Waals surface area contributed by atoms with Crippen molar-refractivity contribution in [1.82, 2.24) is 24.6 Å². The Morgan fingerprint density at radius 1 is 1.05 bits per heavy atom. The molecule has 0 aromatic carbocycles. The van der Waals surface area contributed by atoms with Crippen LogP contribution in [0.25, 0.3) is 17.0 Å². The zero-order chi connectivity index (χ0) is 14.1. The van der Waals surface area contributed by atoms with Gasteiger partial charge < -0.3 is 5.32 Å². The third-order valence-corrected chi connectivity index (χ3v) is 3.86. The van der Waals surface area contributed by atoms with E-state index in [-0.39, 0.29) is 1.43 Å². The molecule has 0 saturated heterocycles. The molecule has 0 spiro atoms. The molecule has 1 aliphatic carbocycles. The standard InChI is InChI=1S/C15H16N6.H2/c1-2-4-11(3-1)18-15-16-8-5-12(20-15)13-7-10-21-14(19-13)6-9-17-21;/h5-11H,1-4H2,(H,16,18,20);1H. The van der Waals surface area contributed by atoms with Gasteiger partial charge in [-0.1, -0.05) is 12.8 Å². The van der Waals surface area contributed by atoms with E-state index in [0.29, 0.717) is 12.0 Å². The molecule has 0 bridgehead atoms. The van der Waals surface area contributed by atoms with Gasteiger partial charge in [-0.15, -0.1) is 0 Å². The number of hydrogen-bond acceptors (Lipinski definition) is 5. The van der Waals surface area contributed by atoms with E-state index in [4.69, 9.17) is 0 Å². The van der Waals surface area contributed by atoms with Crippen molar-refractivity contribution >= 4 is 11.6 Å². The molecule has 1 fully saturated rings. The summed E-state index contributed by atoms with van der Waals surface area (Å²) < 4.78 is 1.74. The van der Waals surface area contributed by atoms with Gasteiger partial charge in [-0.25, -0.2) is 19.5 Å². The summed E-state index contributed by atoms with van der Waals surface area (Å²) in [5, 5.41) is 7.56. The molecule has 0 radical (unpaired) electrons. The summed E-state index contributed by atoms with van der Waals surface area (Å²) in [6.07, 6.45) is 10.4. The van der Waals surface area contributed by atoms with Crippen molar-refractivity contribution in [2.75, 3.05) is 5.32 Å². The lowest BCUT2D eigenvalue weighted by atomic mass is 10.2. The molecule has 4 rings (SSSR count). The van der Waals surface area contributed by atoms with E-state index in [1.165, 1.54) is 25.7 Å². The highest BCUT2D eigenvalue weighted by Crippen LogP contribution is 2.22. The maximum absolute atomic E-state index is 4.58. The lowest BCUT2D eigenvalue weighted by molar-refractivity contribution is 0.744. The van der Waals surface area contributed by atoms with Crippen LogP contribution in [-0.4, -0.2) is 30.6 Å². The number of anilines is 1. The van der Waals surface area contributed by atoms with E-state index in [1.807, 2.05) is 24.4 Å². The Morgan fingerprint density at radius 2 is 1.90 bits per heavy atom. The molecule has 0 amide bonds. The molecule has 1 saturated carbocycles. The molecule has 6 heteroatoms. The first-order valence-electron chi connectivity index (χ1n) is 7.29. The van der Waals surface area contributed by atoms with Crippen LogP contribution >= 0.6 is 0 Å². The zero-order valence-corrected chi connectivity index (χ0v) is 11.6. The minimum Gasteiger partial charge on any atom is -0.351 e. The van der Waals surface area contributed by atoms with Gasteiger partial charge in [0, 0.05) is 25.9 Å². The van der Waals surface area contributed by atoms with Crippen molar-refractivity contribution in [3.63, 3.8) is 0 Å². The van der Waals surface area contributed by atoms with Crippen LogP contribution < -0.4 is 5.32 Å². The quantitative estimate of drug-likeness (QED) is 0.800. The molecular weight excluding hydrogens is 264 g/mol. The van der Waals surface area contributed by atoms with Crippen LogP contribution in [0.1, 0.15) is 27.1 Å². The van der Waals surface area contributed by atoms with Gasteiger partial charge in [-0.3, -0.25) is 0 Å². The second-order valence-electron chi connectivity index (χ2n) is 5.34. The summed E-state index contributed by atoms with van der Waals surface area (Å²) in [5.74, 6) is 0.689. The molecule has 108 valence electrons. The fourth-order valence-corrected chi connectivity index (χ4v) is 2.78. The van der Waals surface area contributed by atoms with E-state index in [9.17, 15) is 0 Å². The van der Waals surface area contributed by atoms with Crippen LogP contribution in [0.4, 0.5) is 5.95 Å². The van der Waals surface area contributed by atoms with Crippen LogP contribution in [0.5, 0.6) is 0 Å². The highest BCUT2D eigenvalue weighted by atomic mass is 15.2. The predicted octanol–water partition coefficient (Wildman–Crippen LogP) is 2.79. The van der Waals surface area contributed by atoms with Crippen LogP contribution in [-0.2, 0) is 0 Å². The van der Waals surface area contributed by atoms with Crippen LogP contribution in [0.2, 0.25) is 0 Å². The number of aromatic nitrogens is 5. The number of hydrogen-bond donors (Lipinski definition) is 1. The summed E-state index contributed by atoms with van der Waals surface area (Å²) in [5.41, 5.74) is 2.48. The Labute approximate surface area is 123 Å². The molecule has 3 aromatic heterocycles. The van der Waals surface area contributed by atoms with Gasteiger partial charge in [-0.2, -0.15) is 5.10 Å². The molecule has 0 atom stereocenters. The second kappa shape index (κ2) is 5.12. The number of rotatable bonds is 3. The van der Waals surface area contributed by atoms with Crippen LogP contribution in [0, 0.1) is 0 Å². The molecular formula is C15H18N6. The number of nitrogens with one attached hydrogen (secondary N) is 1. The SMILES string of the molecule is [HH].c1cc(-c2ccn3nccc3n2)nc(NC2CCCC2)n1. The summed E-state index contributed by atoms with van der Waals surface area (Å²) in [6.45, 7) is 0. The monoisotopic (exact) mass is 282 g/mol. The van der Waals surface area contributed by atoms with Crippen molar-refractivity contribution in [3.05, 3.63) is 36.8 Å². The van der Waals surface area contributed by atoms with Gasteiger partial charge in [0.15, 0.2) is 5.65 Å². The van der Waals surface area contributed by atoms with Crippen molar-refractivity contribution in [2.24, 2.45) is 0 Å². The smallest absolute Gasteiger partial charge is 0.223 e. The number of fused-ring (bicyclic) bond motifs is 1. The minimum absolute atomic E-state index is 0. The number of nitrogens with zero attached hydrogens (tertiary/aromatic N) is 5. The third kappa shape index (κ3) is 2.44. The highest BCUT2D eigenvalue weighted by molar-refractivity contribution is 5.58. The first kappa shape index (κ1) is 12.3. The fourth-order valence-electron chi connectivity index (χ4n) is 2.78. The Bertz CT molecular complexity index is 765. The Balaban J connectivity index is 0.00000144.